The Hall–Kier alpha value is -3.27. The van der Waals surface area contributed by atoms with Crippen molar-refractivity contribution in [3.8, 4) is 22.6 Å². The van der Waals surface area contributed by atoms with Crippen LogP contribution in [0.1, 0.15) is 243 Å². The summed E-state index contributed by atoms with van der Waals surface area (Å²) >= 11 is 0. The van der Waals surface area contributed by atoms with E-state index in [4.69, 9.17) is 26.5 Å². The third-order valence-electron chi connectivity index (χ3n) is 15.2. The van der Waals surface area contributed by atoms with E-state index >= 15 is 0 Å². The van der Waals surface area contributed by atoms with E-state index in [0.29, 0.717) is 13.2 Å². The van der Waals surface area contributed by atoms with Crippen LogP contribution in [0.4, 0.5) is 0 Å². The summed E-state index contributed by atoms with van der Waals surface area (Å²) in [5.74, 6) is 1.51. The SMILES string of the molecule is CC(C)(C)c1cc(-c2cc(C(C)(C)C)cc(C(C)(C)C)c2Op2oc3c(C(C)(C)C)cc(C(C)(C)C)cc3c3cc(C(C)(C)C)cc(C(C)(C)C)c3o2)c(OP2OCC3(CCCCC3)CO2)c(C(C)(C)C)c1. The number of benzene rings is 4. The van der Waals surface area contributed by atoms with Gasteiger partial charge in [-0.15, -0.1) is 0 Å². The van der Waals surface area contributed by atoms with E-state index in [2.05, 4.69) is 215 Å². The molecular formula is C64H94O6P2. The van der Waals surface area contributed by atoms with E-state index < -0.39 is 16.8 Å². The van der Waals surface area contributed by atoms with Crippen molar-refractivity contribution in [2.24, 2.45) is 5.41 Å². The molecule has 2 aliphatic rings. The fraction of sp³-hybridized carbons (Fsp3) is 0.625. The van der Waals surface area contributed by atoms with Gasteiger partial charge >= 0.3 is 16.8 Å². The van der Waals surface area contributed by atoms with Crippen LogP contribution in [-0.2, 0) is 52.4 Å². The van der Waals surface area contributed by atoms with Gasteiger partial charge in [0, 0.05) is 49.6 Å². The highest BCUT2D eigenvalue weighted by molar-refractivity contribution is 7.42. The molecule has 1 spiro atoms. The Balaban J connectivity index is 1.64. The topological polar surface area (TPSA) is 63.2 Å². The van der Waals surface area contributed by atoms with E-state index in [1.54, 1.807) is 0 Å². The molecule has 0 unspecified atom stereocenters. The summed E-state index contributed by atoms with van der Waals surface area (Å²) in [6.07, 6.45) is 6.00. The molecule has 0 atom stereocenters. The van der Waals surface area contributed by atoms with Gasteiger partial charge in [-0.3, -0.25) is 0 Å². The summed E-state index contributed by atoms with van der Waals surface area (Å²) in [7, 11) is -3.83. The van der Waals surface area contributed by atoms with E-state index in [1.165, 1.54) is 41.5 Å². The van der Waals surface area contributed by atoms with Crippen molar-refractivity contribution in [1.82, 2.24) is 0 Å². The minimum absolute atomic E-state index is 0.0658. The average molecular weight is 1020 g/mol. The van der Waals surface area contributed by atoms with Gasteiger partial charge in [0.2, 0.25) is 0 Å². The van der Waals surface area contributed by atoms with Crippen molar-refractivity contribution in [3.63, 3.8) is 0 Å². The molecule has 7 rings (SSSR count). The van der Waals surface area contributed by atoms with Gasteiger partial charge in [0.05, 0.1) is 13.2 Å². The lowest BCUT2D eigenvalue weighted by molar-refractivity contribution is -0.00664. The van der Waals surface area contributed by atoms with Gasteiger partial charge in [0.25, 0.3) is 0 Å². The number of fused-ring (bicyclic) bond motifs is 3. The first-order valence-electron chi connectivity index (χ1n) is 27.0. The van der Waals surface area contributed by atoms with Crippen molar-refractivity contribution in [1.29, 1.82) is 0 Å². The highest BCUT2D eigenvalue weighted by Crippen LogP contribution is 2.58. The second kappa shape index (κ2) is 19.1. The smallest absolute Gasteiger partial charge is 0.426 e. The number of hydrogen-bond donors (Lipinski definition) is 0. The molecule has 1 saturated heterocycles. The van der Waals surface area contributed by atoms with Gasteiger partial charge in [-0.05, 0) is 103 Å². The second-order valence-electron chi connectivity index (χ2n) is 30.0. The van der Waals surface area contributed by atoms with Gasteiger partial charge in [-0.25, -0.2) is 0 Å². The maximum Gasteiger partial charge on any atom is 0.453 e. The Kier molecular flexibility index (Phi) is 15.0. The zero-order valence-corrected chi connectivity index (χ0v) is 51.2. The molecule has 1 aliphatic carbocycles. The van der Waals surface area contributed by atoms with Crippen molar-refractivity contribution in [2.75, 3.05) is 13.2 Å². The lowest BCUT2D eigenvalue weighted by atomic mass is 9.75. The molecule has 0 radical (unpaired) electrons. The van der Waals surface area contributed by atoms with Crippen LogP contribution in [0.25, 0.3) is 33.1 Å². The molecule has 2 fully saturated rings. The predicted molar refractivity (Wildman–Crippen MR) is 309 cm³/mol. The molecule has 1 saturated carbocycles. The van der Waals surface area contributed by atoms with Gasteiger partial charge in [-0.2, -0.15) is 0 Å². The molecule has 8 heteroatoms. The van der Waals surface area contributed by atoms with E-state index in [9.17, 15) is 0 Å². The first-order chi connectivity index (χ1) is 32.7. The highest BCUT2D eigenvalue weighted by atomic mass is 31.2. The summed E-state index contributed by atoms with van der Waals surface area (Å²) in [6, 6.07) is 18.9. The molecule has 6 nitrogen and oxygen atoms in total. The zero-order chi connectivity index (χ0) is 53.7. The van der Waals surface area contributed by atoms with Crippen LogP contribution >= 0.6 is 16.8 Å². The molecule has 396 valence electrons. The average Bonchev–Trinajstić information content (AvgIpc) is 3.37. The Labute approximate surface area is 439 Å². The molecule has 5 aromatic rings. The normalized spacial score (nSPS) is 17.0. The van der Waals surface area contributed by atoms with Crippen molar-refractivity contribution >= 4 is 38.8 Å². The Morgan fingerprint density at radius 3 is 1.03 bits per heavy atom. The van der Waals surface area contributed by atoms with Crippen LogP contribution in [0.2, 0.25) is 0 Å². The Morgan fingerprint density at radius 1 is 0.375 bits per heavy atom. The maximum atomic E-state index is 7.77. The van der Waals surface area contributed by atoms with Crippen LogP contribution in [0.5, 0.6) is 11.5 Å². The van der Waals surface area contributed by atoms with Crippen LogP contribution in [0.3, 0.4) is 0 Å². The summed E-state index contributed by atoms with van der Waals surface area (Å²) in [5, 5.41) is 2.08. The van der Waals surface area contributed by atoms with E-state index in [0.717, 1.165) is 79.7 Å². The summed E-state index contributed by atoms with van der Waals surface area (Å²) in [4.78, 5) is 0. The lowest BCUT2D eigenvalue weighted by Gasteiger charge is -2.41. The second-order valence-corrected chi connectivity index (χ2v) is 32.2. The maximum absolute atomic E-state index is 7.77. The number of hydrogen-bond acceptors (Lipinski definition) is 6. The molecule has 1 aliphatic heterocycles. The molecule has 0 N–H and O–H groups in total. The monoisotopic (exact) mass is 1020 g/mol. The fourth-order valence-electron chi connectivity index (χ4n) is 10.1. The fourth-order valence-corrected chi connectivity index (χ4v) is 12.6. The minimum atomic E-state index is -2.14. The molecule has 2 heterocycles. The van der Waals surface area contributed by atoms with Crippen molar-refractivity contribution in [2.45, 2.75) is 242 Å². The van der Waals surface area contributed by atoms with Gasteiger partial charge in [-0.1, -0.05) is 210 Å². The minimum Gasteiger partial charge on any atom is -0.426 e. The van der Waals surface area contributed by atoms with Crippen molar-refractivity contribution < 1.29 is 26.5 Å². The summed E-state index contributed by atoms with van der Waals surface area (Å²) in [5.41, 5.74) is 11.1. The Bertz CT molecular complexity index is 2750. The van der Waals surface area contributed by atoms with Crippen LogP contribution in [-0.4, -0.2) is 13.2 Å². The summed E-state index contributed by atoms with van der Waals surface area (Å²) < 4.78 is 43.5. The van der Waals surface area contributed by atoms with Gasteiger partial charge in [0.15, 0.2) is 0 Å². The number of rotatable bonds is 5. The Morgan fingerprint density at radius 2 is 0.694 bits per heavy atom. The predicted octanol–water partition coefficient (Wildman–Crippen LogP) is 20.8. The standard InChI is InChI=1S/C64H94O6P2/c1-56(2,3)40-30-44(52(48(34-40)60(13,14)15)67-71-65-38-64(39-66-71)28-26-25-27-29-64)45-31-41(57(4,5)6)35-49(61(16,17)18)53(45)68-72-69-54-46(32-42(58(7,8)9)36-50(54)62(19,20)21)47-33-43(59(10,11)12)37-51(55(47)70-72)63(22,23)24/h30-37H,25-29,38-39H2,1-24H3. The first kappa shape index (κ1) is 56.5. The molecular weight excluding hydrogens is 927 g/mol. The third-order valence-corrected chi connectivity index (χ3v) is 17.2. The van der Waals surface area contributed by atoms with E-state index in [1.807, 2.05) is 0 Å². The van der Waals surface area contributed by atoms with E-state index in [-0.39, 0.29) is 48.7 Å². The van der Waals surface area contributed by atoms with Crippen LogP contribution in [0.15, 0.2) is 56.9 Å². The lowest BCUT2D eigenvalue weighted by Crippen LogP contribution is -2.37. The third kappa shape index (κ3) is 12.0. The quantitative estimate of drug-likeness (QED) is 0.164. The molecule has 72 heavy (non-hydrogen) atoms. The molecule has 1 aromatic heterocycles. The van der Waals surface area contributed by atoms with Gasteiger partial charge in [0.1, 0.15) is 22.7 Å². The summed E-state index contributed by atoms with van der Waals surface area (Å²) in [6.45, 7) is 56.3. The molecule has 4 aromatic carbocycles. The first-order valence-corrected chi connectivity index (χ1v) is 29.2. The largest absolute Gasteiger partial charge is 0.453 e. The van der Waals surface area contributed by atoms with Crippen LogP contribution < -0.4 is 9.05 Å². The zero-order valence-electron chi connectivity index (χ0n) is 49.4. The highest BCUT2D eigenvalue weighted by Gasteiger charge is 2.42. The van der Waals surface area contributed by atoms with Crippen molar-refractivity contribution in [3.05, 3.63) is 93.0 Å². The van der Waals surface area contributed by atoms with Gasteiger partial charge < -0.3 is 26.5 Å². The van der Waals surface area contributed by atoms with Crippen LogP contribution in [0, 0.1) is 5.41 Å². The molecule has 0 amide bonds. The molecule has 0 bridgehead atoms.